The molecule has 0 spiro atoms. The van der Waals surface area contributed by atoms with E-state index < -0.39 is 33.6 Å². The molecular formula is C11H13F2N3O4S. The Morgan fingerprint density at radius 1 is 1.14 bits per heavy atom. The molecule has 0 aliphatic heterocycles. The summed E-state index contributed by atoms with van der Waals surface area (Å²) >= 11 is 0. The van der Waals surface area contributed by atoms with Gasteiger partial charge in [-0.25, -0.2) is 22.0 Å². The standard InChI is InChI=1S/C11H13F2N3O4S/c1-21(19,20)16-10(17)2-3-14-11(18)15-9-5-7(12)4-8(13)6-9/h4-6H,2-3H2,1H3,(H,16,17)(H2,14,15,18). The van der Waals surface area contributed by atoms with Crippen molar-refractivity contribution in [2.45, 2.75) is 6.42 Å². The zero-order valence-corrected chi connectivity index (χ0v) is 11.8. The molecule has 0 bridgehead atoms. The van der Waals surface area contributed by atoms with Crippen LogP contribution < -0.4 is 15.4 Å². The molecule has 3 amide bonds. The lowest BCUT2D eigenvalue weighted by Gasteiger charge is -2.08. The molecule has 0 aliphatic carbocycles. The Morgan fingerprint density at radius 2 is 1.71 bits per heavy atom. The van der Waals surface area contributed by atoms with E-state index in [-0.39, 0.29) is 18.7 Å². The van der Waals surface area contributed by atoms with Gasteiger partial charge in [-0.15, -0.1) is 0 Å². The van der Waals surface area contributed by atoms with E-state index in [1.165, 1.54) is 0 Å². The molecule has 7 nitrogen and oxygen atoms in total. The van der Waals surface area contributed by atoms with Crippen molar-refractivity contribution >= 4 is 27.6 Å². The van der Waals surface area contributed by atoms with Crippen LogP contribution in [0.1, 0.15) is 6.42 Å². The zero-order chi connectivity index (χ0) is 16.0. The molecule has 0 radical (unpaired) electrons. The average molecular weight is 321 g/mol. The topological polar surface area (TPSA) is 104 Å². The Hall–Kier alpha value is -2.23. The second-order valence-corrected chi connectivity index (χ2v) is 5.83. The number of halogens is 2. The number of benzene rings is 1. The number of carbonyl (C=O) groups excluding carboxylic acids is 2. The summed E-state index contributed by atoms with van der Waals surface area (Å²) in [5.74, 6) is -2.48. The second kappa shape index (κ2) is 6.97. The Labute approximate surface area is 119 Å². The van der Waals surface area contributed by atoms with Crippen LogP contribution in [0.4, 0.5) is 19.3 Å². The van der Waals surface area contributed by atoms with Crippen LogP contribution in [0.3, 0.4) is 0 Å². The van der Waals surface area contributed by atoms with E-state index in [1.54, 1.807) is 4.72 Å². The van der Waals surface area contributed by atoms with E-state index >= 15 is 0 Å². The summed E-state index contributed by atoms with van der Waals surface area (Å²) in [6.45, 7) is -0.148. The second-order valence-electron chi connectivity index (χ2n) is 4.09. The predicted octanol–water partition coefficient (Wildman–Crippen LogP) is 0.552. The van der Waals surface area contributed by atoms with Crippen LogP contribution in [0.5, 0.6) is 0 Å². The number of rotatable bonds is 5. The van der Waals surface area contributed by atoms with Crippen molar-refractivity contribution in [2.24, 2.45) is 0 Å². The fourth-order valence-electron chi connectivity index (χ4n) is 1.35. The molecular weight excluding hydrogens is 308 g/mol. The summed E-state index contributed by atoms with van der Waals surface area (Å²) in [4.78, 5) is 22.5. The van der Waals surface area contributed by atoms with Crippen molar-refractivity contribution in [3.63, 3.8) is 0 Å². The number of hydrogen-bond acceptors (Lipinski definition) is 4. The highest BCUT2D eigenvalue weighted by Gasteiger charge is 2.09. The first-order valence-corrected chi connectivity index (χ1v) is 7.56. The summed E-state index contributed by atoms with van der Waals surface area (Å²) in [5, 5.41) is 4.40. The molecule has 21 heavy (non-hydrogen) atoms. The molecule has 116 valence electrons. The number of amides is 3. The summed E-state index contributed by atoms with van der Waals surface area (Å²) in [7, 11) is -3.64. The number of nitrogens with one attached hydrogen (secondary N) is 3. The lowest BCUT2D eigenvalue weighted by molar-refractivity contribution is -0.119. The Kier molecular flexibility index (Phi) is 5.59. The van der Waals surface area contributed by atoms with E-state index in [0.717, 1.165) is 18.4 Å². The lowest BCUT2D eigenvalue weighted by Crippen LogP contribution is -2.35. The van der Waals surface area contributed by atoms with Crippen molar-refractivity contribution in [1.82, 2.24) is 10.0 Å². The van der Waals surface area contributed by atoms with E-state index in [2.05, 4.69) is 10.6 Å². The maximum Gasteiger partial charge on any atom is 0.319 e. The van der Waals surface area contributed by atoms with Crippen molar-refractivity contribution in [1.29, 1.82) is 0 Å². The molecule has 0 saturated carbocycles. The molecule has 10 heteroatoms. The maximum absolute atomic E-state index is 12.9. The van der Waals surface area contributed by atoms with Gasteiger partial charge in [0.15, 0.2) is 0 Å². The van der Waals surface area contributed by atoms with Gasteiger partial charge in [0, 0.05) is 24.7 Å². The van der Waals surface area contributed by atoms with Crippen molar-refractivity contribution < 1.29 is 26.8 Å². The van der Waals surface area contributed by atoms with Crippen LogP contribution >= 0.6 is 0 Å². The van der Waals surface area contributed by atoms with Gasteiger partial charge in [-0.05, 0) is 12.1 Å². The summed E-state index contributed by atoms with van der Waals surface area (Å²) < 4.78 is 48.9. The third kappa shape index (κ3) is 7.20. The molecule has 0 heterocycles. The van der Waals surface area contributed by atoms with E-state index in [0.29, 0.717) is 6.07 Å². The van der Waals surface area contributed by atoms with Crippen LogP contribution in [0.2, 0.25) is 0 Å². The number of hydrogen-bond donors (Lipinski definition) is 3. The van der Waals surface area contributed by atoms with Gasteiger partial charge in [-0.2, -0.15) is 0 Å². The van der Waals surface area contributed by atoms with Gasteiger partial charge in [0.1, 0.15) is 11.6 Å². The third-order valence-electron chi connectivity index (χ3n) is 2.06. The quantitative estimate of drug-likeness (QED) is 0.736. The fourth-order valence-corrected chi connectivity index (χ4v) is 1.86. The first-order valence-electron chi connectivity index (χ1n) is 5.67. The van der Waals surface area contributed by atoms with Crippen molar-refractivity contribution in [3.05, 3.63) is 29.8 Å². The van der Waals surface area contributed by atoms with Gasteiger partial charge in [-0.1, -0.05) is 0 Å². The van der Waals surface area contributed by atoms with Gasteiger partial charge < -0.3 is 10.6 Å². The van der Waals surface area contributed by atoms with Crippen LogP contribution in [0.25, 0.3) is 0 Å². The van der Waals surface area contributed by atoms with Gasteiger partial charge in [0.2, 0.25) is 15.9 Å². The Balaban J connectivity index is 2.39. The largest absolute Gasteiger partial charge is 0.337 e. The molecule has 0 aliphatic rings. The summed E-state index contributed by atoms with van der Waals surface area (Å²) in [6.07, 6.45) is 0.557. The van der Waals surface area contributed by atoms with Crippen LogP contribution in [0.15, 0.2) is 18.2 Å². The Bertz CT molecular complexity index is 629. The molecule has 0 aromatic heterocycles. The minimum Gasteiger partial charge on any atom is -0.337 e. The third-order valence-corrected chi connectivity index (χ3v) is 2.66. The number of anilines is 1. The van der Waals surface area contributed by atoms with Gasteiger partial charge >= 0.3 is 6.03 Å². The molecule has 0 unspecified atom stereocenters. The SMILES string of the molecule is CS(=O)(=O)NC(=O)CCNC(=O)Nc1cc(F)cc(F)c1. The molecule has 0 saturated heterocycles. The molecule has 0 atom stereocenters. The first kappa shape index (κ1) is 16.8. The molecule has 1 aromatic rings. The minimum absolute atomic E-state index is 0.0920. The van der Waals surface area contributed by atoms with Crippen LogP contribution in [0, 0.1) is 11.6 Å². The molecule has 1 rings (SSSR count). The predicted molar refractivity (Wildman–Crippen MR) is 71.0 cm³/mol. The number of urea groups is 1. The van der Waals surface area contributed by atoms with E-state index in [4.69, 9.17) is 0 Å². The van der Waals surface area contributed by atoms with Gasteiger partial charge in [0.05, 0.1) is 6.26 Å². The molecule has 0 fully saturated rings. The lowest BCUT2D eigenvalue weighted by atomic mass is 10.3. The summed E-state index contributed by atoms with van der Waals surface area (Å²) in [5.41, 5.74) is -0.0920. The Morgan fingerprint density at radius 3 is 2.24 bits per heavy atom. The fraction of sp³-hybridized carbons (Fsp3) is 0.273. The molecule has 3 N–H and O–H groups in total. The maximum atomic E-state index is 12.9. The summed E-state index contributed by atoms with van der Waals surface area (Å²) in [6, 6.07) is 1.70. The van der Waals surface area contributed by atoms with Crippen molar-refractivity contribution in [2.75, 3.05) is 18.1 Å². The number of sulfonamides is 1. The highest BCUT2D eigenvalue weighted by atomic mass is 32.2. The normalized spacial score (nSPS) is 10.8. The minimum atomic E-state index is -3.64. The smallest absolute Gasteiger partial charge is 0.319 e. The van der Waals surface area contributed by atoms with Crippen molar-refractivity contribution in [3.8, 4) is 0 Å². The van der Waals surface area contributed by atoms with Crippen LogP contribution in [-0.2, 0) is 14.8 Å². The molecule has 1 aromatic carbocycles. The number of carbonyl (C=O) groups is 2. The zero-order valence-electron chi connectivity index (χ0n) is 10.9. The van der Waals surface area contributed by atoms with Crippen LogP contribution in [-0.4, -0.2) is 33.2 Å². The average Bonchev–Trinajstić information content (AvgIpc) is 2.24. The first-order chi connectivity index (χ1) is 9.65. The highest BCUT2D eigenvalue weighted by molar-refractivity contribution is 7.89. The van der Waals surface area contributed by atoms with Gasteiger partial charge in [0.25, 0.3) is 0 Å². The van der Waals surface area contributed by atoms with E-state index in [9.17, 15) is 26.8 Å². The highest BCUT2D eigenvalue weighted by Crippen LogP contribution is 2.12. The van der Waals surface area contributed by atoms with Gasteiger partial charge in [-0.3, -0.25) is 9.52 Å². The van der Waals surface area contributed by atoms with E-state index in [1.807, 2.05) is 0 Å². The monoisotopic (exact) mass is 321 g/mol.